The maximum absolute atomic E-state index is 12.5. The fraction of sp³-hybridized carbons (Fsp3) is 0.167. The van der Waals surface area contributed by atoms with E-state index in [1.165, 1.54) is 0 Å². The predicted molar refractivity (Wildman–Crippen MR) is 111 cm³/mol. The first-order valence-corrected chi connectivity index (χ1v) is 9.38. The summed E-state index contributed by atoms with van der Waals surface area (Å²) in [6.07, 6.45) is 0.216. The van der Waals surface area contributed by atoms with E-state index in [1.807, 2.05) is 85.8 Å². The predicted octanol–water partition coefficient (Wildman–Crippen LogP) is 4.02. The molecule has 142 valence electrons. The van der Waals surface area contributed by atoms with Gasteiger partial charge in [0, 0.05) is 18.5 Å². The molecule has 0 spiro atoms. The lowest BCUT2D eigenvalue weighted by molar-refractivity contribution is -0.121. The van der Waals surface area contributed by atoms with Gasteiger partial charge in [-0.3, -0.25) is 9.59 Å². The third-order valence-corrected chi connectivity index (χ3v) is 4.60. The second-order valence-electron chi connectivity index (χ2n) is 6.64. The summed E-state index contributed by atoms with van der Waals surface area (Å²) in [6, 6.07) is 26.9. The highest BCUT2D eigenvalue weighted by Crippen LogP contribution is 2.21. The van der Waals surface area contributed by atoms with E-state index in [-0.39, 0.29) is 30.8 Å². The van der Waals surface area contributed by atoms with Gasteiger partial charge in [-0.05, 0) is 29.7 Å². The smallest absolute Gasteiger partial charge is 0.251 e. The summed E-state index contributed by atoms with van der Waals surface area (Å²) in [6.45, 7) is 2.18. The van der Waals surface area contributed by atoms with Gasteiger partial charge in [-0.25, -0.2) is 0 Å². The normalized spacial score (nSPS) is 10.5. The van der Waals surface area contributed by atoms with Crippen molar-refractivity contribution in [2.45, 2.75) is 19.4 Å². The fourth-order valence-electron chi connectivity index (χ4n) is 3.10. The highest BCUT2D eigenvalue weighted by molar-refractivity contribution is 5.95. The van der Waals surface area contributed by atoms with Crippen LogP contribution in [0.15, 0.2) is 84.9 Å². The number of hydrogen-bond donors (Lipinski definition) is 2. The molecule has 0 saturated carbocycles. The maximum atomic E-state index is 12.5. The number of hydrogen-bond acceptors (Lipinski definition) is 2. The Morgan fingerprint density at radius 1 is 0.786 bits per heavy atom. The molecule has 0 aliphatic carbocycles. The number of rotatable bonds is 7. The Kier molecular flexibility index (Phi) is 6.58. The molecule has 0 heterocycles. The number of aryl methyl sites for hydroxylation is 1. The molecule has 2 amide bonds. The second kappa shape index (κ2) is 9.51. The molecule has 0 aliphatic rings. The minimum atomic E-state index is -0.220. The van der Waals surface area contributed by atoms with Gasteiger partial charge in [0.25, 0.3) is 5.91 Å². The number of nitrogens with one attached hydrogen (secondary N) is 2. The third-order valence-electron chi connectivity index (χ3n) is 4.60. The summed E-state index contributed by atoms with van der Waals surface area (Å²) in [4.78, 5) is 24.8. The molecule has 0 radical (unpaired) electrons. The van der Waals surface area contributed by atoms with Crippen molar-refractivity contribution >= 4 is 11.8 Å². The first-order chi connectivity index (χ1) is 13.6. The Hall–Kier alpha value is -3.40. The number of amides is 2. The molecule has 0 aliphatic heterocycles. The standard InChI is InChI=1S/C24H24N2O2/c1-18-10-8-9-15-21(18)24(28)25-17-16-22(27)26-23(19-11-4-2-5-12-19)20-13-6-3-7-14-20/h2-15,23H,16-17H2,1H3,(H,25,28)(H,26,27). The SMILES string of the molecule is Cc1ccccc1C(=O)NCCC(=O)NC(c1ccccc1)c1ccccc1. The monoisotopic (exact) mass is 372 g/mol. The van der Waals surface area contributed by atoms with Gasteiger partial charge in [0.15, 0.2) is 0 Å². The Morgan fingerprint density at radius 3 is 1.89 bits per heavy atom. The number of carbonyl (C=O) groups excluding carboxylic acids is 2. The van der Waals surface area contributed by atoms with Crippen LogP contribution in [0.2, 0.25) is 0 Å². The van der Waals surface area contributed by atoms with E-state index in [4.69, 9.17) is 0 Å². The van der Waals surface area contributed by atoms with Crippen molar-refractivity contribution in [2.24, 2.45) is 0 Å². The summed E-state index contributed by atoms with van der Waals surface area (Å²) >= 11 is 0. The summed E-state index contributed by atoms with van der Waals surface area (Å²) in [7, 11) is 0. The first kappa shape index (κ1) is 19.4. The molecule has 3 aromatic carbocycles. The molecule has 3 aromatic rings. The average molecular weight is 372 g/mol. The molecule has 0 aromatic heterocycles. The Morgan fingerprint density at radius 2 is 1.32 bits per heavy atom. The first-order valence-electron chi connectivity index (χ1n) is 9.38. The van der Waals surface area contributed by atoms with Crippen molar-refractivity contribution < 1.29 is 9.59 Å². The van der Waals surface area contributed by atoms with E-state index < -0.39 is 0 Å². The third kappa shape index (κ3) is 5.07. The highest BCUT2D eigenvalue weighted by atomic mass is 16.2. The van der Waals surface area contributed by atoms with Crippen LogP contribution >= 0.6 is 0 Å². The fourth-order valence-corrected chi connectivity index (χ4v) is 3.10. The Balaban J connectivity index is 1.60. The van der Waals surface area contributed by atoms with Crippen molar-refractivity contribution in [2.75, 3.05) is 6.54 Å². The van der Waals surface area contributed by atoms with Gasteiger partial charge >= 0.3 is 0 Å². The molecule has 2 N–H and O–H groups in total. The lowest BCUT2D eigenvalue weighted by Crippen LogP contribution is -2.33. The van der Waals surface area contributed by atoms with Gasteiger partial charge in [-0.1, -0.05) is 78.9 Å². The van der Waals surface area contributed by atoms with Gasteiger partial charge in [0.05, 0.1) is 6.04 Å². The second-order valence-corrected chi connectivity index (χ2v) is 6.64. The van der Waals surface area contributed by atoms with Crippen molar-refractivity contribution in [1.29, 1.82) is 0 Å². The van der Waals surface area contributed by atoms with Crippen LogP contribution in [-0.4, -0.2) is 18.4 Å². The molecule has 28 heavy (non-hydrogen) atoms. The highest BCUT2D eigenvalue weighted by Gasteiger charge is 2.16. The molecule has 4 heteroatoms. The number of benzene rings is 3. The molecular formula is C24H24N2O2. The molecule has 0 fully saturated rings. The summed E-state index contributed by atoms with van der Waals surface area (Å²) < 4.78 is 0. The van der Waals surface area contributed by atoms with Crippen LogP contribution in [0.25, 0.3) is 0 Å². The van der Waals surface area contributed by atoms with E-state index in [9.17, 15) is 9.59 Å². The molecular weight excluding hydrogens is 348 g/mol. The average Bonchev–Trinajstić information content (AvgIpc) is 2.73. The van der Waals surface area contributed by atoms with Crippen LogP contribution in [0.1, 0.15) is 39.5 Å². The lowest BCUT2D eigenvalue weighted by Gasteiger charge is -2.20. The van der Waals surface area contributed by atoms with Crippen molar-refractivity contribution in [3.8, 4) is 0 Å². The Labute approximate surface area is 165 Å². The van der Waals surface area contributed by atoms with Gasteiger partial charge in [-0.2, -0.15) is 0 Å². The lowest BCUT2D eigenvalue weighted by atomic mass is 9.98. The van der Waals surface area contributed by atoms with Crippen LogP contribution in [0.5, 0.6) is 0 Å². The van der Waals surface area contributed by atoms with E-state index >= 15 is 0 Å². The van der Waals surface area contributed by atoms with Gasteiger partial charge in [0.1, 0.15) is 0 Å². The van der Waals surface area contributed by atoms with Crippen molar-refractivity contribution in [3.05, 3.63) is 107 Å². The van der Waals surface area contributed by atoms with Crippen LogP contribution in [0.4, 0.5) is 0 Å². The van der Waals surface area contributed by atoms with Crippen LogP contribution in [-0.2, 0) is 4.79 Å². The van der Waals surface area contributed by atoms with Crippen LogP contribution < -0.4 is 10.6 Å². The van der Waals surface area contributed by atoms with Gasteiger partial charge in [0.2, 0.25) is 5.91 Å². The molecule has 4 nitrogen and oxygen atoms in total. The topological polar surface area (TPSA) is 58.2 Å². The Bertz CT molecular complexity index is 884. The summed E-state index contributed by atoms with van der Waals surface area (Å²) in [5.41, 5.74) is 3.59. The van der Waals surface area contributed by atoms with Gasteiger partial charge < -0.3 is 10.6 Å². The van der Waals surface area contributed by atoms with E-state index in [1.54, 1.807) is 6.07 Å². The quantitative estimate of drug-likeness (QED) is 0.658. The molecule has 0 saturated heterocycles. The van der Waals surface area contributed by atoms with Crippen LogP contribution in [0, 0.1) is 6.92 Å². The molecule has 0 atom stereocenters. The summed E-state index contributed by atoms with van der Waals surface area (Å²) in [5.74, 6) is -0.267. The van der Waals surface area contributed by atoms with Crippen molar-refractivity contribution in [1.82, 2.24) is 10.6 Å². The molecule has 0 bridgehead atoms. The molecule has 3 rings (SSSR count). The van der Waals surface area contributed by atoms with Gasteiger partial charge in [-0.15, -0.1) is 0 Å². The zero-order chi connectivity index (χ0) is 19.8. The van der Waals surface area contributed by atoms with Crippen LogP contribution in [0.3, 0.4) is 0 Å². The largest absolute Gasteiger partial charge is 0.352 e. The van der Waals surface area contributed by atoms with E-state index in [0.717, 1.165) is 16.7 Å². The minimum Gasteiger partial charge on any atom is -0.352 e. The number of carbonyl (C=O) groups is 2. The molecule has 0 unspecified atom stereocenters. The minimum absolute atomic E-state index is 0.109. The van der Waals surface area contributed by atoms with E-state index in [0.29, 0.717) is 5.56 Å². The zero-order valence-corrected chi connectivity index (χ0v) is 15.9. The zero-order valence-electron chi connectivity index (χ0n) is 15.9. The maximum Gasteiger partial charge on any atom is 0.251 e. The van der Waals surface area contributed by atoms with Crippen molar-refractivity contribution in [3.63, 3.8) is 0 Å². The summed E-state index contributed by atoms with van der Waals surface area (Å²) in [5, 5.41) is 5.91. The van der Waals surface area contributed by atoms with E-state index in [2.05, 4.69) is 10.6 Å².